The van der Waals surface area contributed by atoms with Gasteiger partial charge in [0.15, 0.2) is 0 Å². The van der Waals surface area contributed by atoms with Crippen molar-refractivity contribution < 1.29 is 17.9 Å². The van der Waals surface area contributed by atoms with E-state index in [9.17, 15) is 13.2 Å². The van der Waals surface area contributed by atoms with E-state index in [1.165, 1.54) is 0 Å². The number of hydrogen-bond donors (Lipinski definition) is 1. The molecule has 2 rings (SSSR count). The van der Waals surface area contributed by atoms with Crippen molar-refractivity contribution >= 4 is 15.9 Å². The van der Waals surface area contributed by atoms with E-state index in [0.717, 1.165) is 11.1 Å². The van der Waals surface area contributed by atoms with Gasteiger partial charge in [0.2, 0.25) is 15.9 Å². The molecule has 0 aromatic heterocycles. The van der Waals surface area contributed by atoms with Crippen LogP contribution >= 0.6 is 0 Å². The predicted octanol–water partition coefficient (Wildman–Crippen LogP) is 1.89. The van der Waals surface area contributed by atoms with Crippen LogP contribution in [0.5, 0.6) is 5.75 Å². The number of methoxy groups -OCH3 is 1. The highest BCUT2D eigenvalue weighted by molar-refractivity contribution is 7.90. The molecule has 1 aromatic rings. The highest BCUT2D eigenvalue weighted by atomic mass is 32.2. The maximum atomic E-state index is 12.4. The second-order valence-electron chi connectivity index (χ2n) is 5.79. The topological polar surface area (TPSA) is 72.5 Å². The molecule has 0 aliphatic heterocycles. The summed E-state index contributed by atoms with van der Waals surface area (Å²) in [6, 6.07) is 5.58. The Bertz CT molecular complexity index is 660. The summed E-state index contributed by atoms with van der Waals surface area (Å²) in [5, 5.41) is -0.634. The lowest BCUT2D eigenvalue weighted by Crippen LogP contribution is -2.42. The summed E-state index contributed by atoms with van der Waals surface area (Å²) in [7, 11) is -2.02. The van der Waals surface area contributed by atoms with E-state index in [4.69, 9.17) is 4.74 Å². The highest BCUT2D eigenvalue weighted by Gasteiger charge is 2.52. The second kappa shape index (κ2) is 5.33. The molecule has 1 amide bonds. The first-order valence-corrected chi connectivity index (χ1v) is 8.49. The monoisotopic (exact) mass is 311 g/mol. The van der Waals surface area contributed by atoms with Crippen molar-refractivity contribution in [2.75, 3.05) is 7.11 Å². The Morgan fingerprint density at radius 2 is 1.95 bits per heavy atom. The van der Waals surface area contributed by atoms with Crippen molar-refractivity contribution in [2.24, 2.45) is 0 Å². The molecule has 0 spiro atoms. The predicted molar refractivity (Wildman–Crippen MR) is 80.8 cm³/mol. The van der Waals surface area contributed by atoms with Crippen molar-refractivity contribution in [3.8, 4) is 5.75 Å². The highest BCUT2D eigenvalue weighted by Crippen LogP contribution is 2.49. The van der Waals surface area contributed by atoms with Gasteiger partial charge in [0.05, 0.1) is 17.8 Å². The van der Waals surface area contributed by atoms with Crippen LogP contribution in [0.1, 0.15) is 37.8 Å². The molecule has 116 valence electrons. The van der Waals surface area contributed by atoms with E-state index in [0.29, 0.717) is 18.6 Å². The molecule has 1 aliphatic rings. The first-order chi connectivity index (χ1) is 9.73. The Hall–Kier alpha value is -1.56. The number of carbonyl (C=O) groups is 1. The fourth-order valence-electron chi connectivity index (χ4n) is 2.23. The van der Waals surface area contributed by atoms with Crippen molar-refractivity contribution in [3.05, 3.63) is 29.3 Å². The molecule has 1 aliphatic carbocycles. The minimum absolute atomic E-state index is 0.442. The fraction of sp³-hybridized carbons (Fsp3) is 0.533. The molecule has 1 saturated carbocycles. The normalized spacial score (nSPS) is 16.6. The number of nitrogens with one attached hydrogen (secondary N) is 1. The molecule has 1 N–H and O–H groups in total. The lowest BCUT2D eigenvalue weighted by molar-refractivity contribution is -0.121. The van der Waals surface area contributed by atoms with Gasteiger partial charge in [0, 0.05) is 0 Å². The molecule has 0 heterocycles. The standard InChI is InChI=1S/C15H21NO4S/c1-10(2)21(18,19)16-14(17)15(7-8-15)12-6-5-11(3)13(9-12)20-4/h5-6,9-10H,7-8H2,1-4H3,(H,16,17). The molecular formula is C15H21NO4S. The summed E-state index contributed by atoms with van der Waals surface area (Å²) in [6.07, 6.45) is 1.30. The molecular weight excluding hydrogens is 290 g/mol. The number of hydrogen-bond acceptors (Lipinski definition) is 4. The average molecular weight is 311 g/mol. The maximum Gasteiger partial charge on any atom is 0.244 e. The second-order valence-corrected chi connectivity index (χ2v) is 8.03. The van der Waals surface area contributed by atoms with E-state index in [1.807, 2.05) is 25.1 Å². The summed E-state index contributed by atoms with van der Waals surface area (Å²) in [5.74, 6) is 0.264. The Kier molecular flexibility index (Phi) is 4.02. The Balaban J connectivity index is 2.29. The summed E-state index contributed by atoms with van der Waals surface area (Å²) in [6.45, 7) is 5.01. The zero-order valence-corrected chi connectivity index (χ0v) is 13.6. The van der Waals surface area contributed by atoms with Gasteiger partial charge < -0.3 is 4.74 Å². The molecule has 5 nitrogen and oxygen atoms in total. The third kappa shape index (κ3) is 2.90. The van der Waals surface area contributed by atoms with Crippen LogP contribution in [0.25, 0.3) is 0 Å². The van der Waals surface area contributed by atoms with Crippen LogP contribution in [0.4, 0.5) is 0 Å². The molecule has 0 bridgehead atoms. The van der Waals surface area contributed by atoms with E-state index in [2.05, 4.69) is 4.72 Å². The van der Waals surface area contributed by atoms with Crippen molar-refractivity contribution in [2.45, 2.75) is 44.3 Å². The maximum absolute atomic E-state index is 12.4. The smallest absolute Gasteiger partial charge is 0.244 e. The summed E-state index contributed by atoms with van der Waals surface area (Å²) >= 11 is 0. The van der Waals surface area contributed by atoms with Crippen LogP contribution < -0.4 is 9.46 Å². The Morgan fingerprint density at radius 3 is 2.43 bits per heavy atom. The van der Waals surface area contributed by atoms with Crippen LogP contribution in [0.15, 0.2) is 18.2 Å². The van der Waals surface area contributed by atoms with Gasteiger partial charge in [-0.25, -0.2) is 8.42 Å². The minimum Gasteiger partial charge on any atom is -0.496 e. The number of amides is 1. The van der Waals surface area contributed by atoms with Gasteiger partial charge in [-0.15, -0.1) is 0 Å². The van der Waals surface area contributed by atoms with Crippen molar-refractivity contribution in [3.63, 3.8) is 0 Å². The van der Waals surface area contributed by atoms with Gasteiger partial charge in [0.1, 0.15) is 5.75 Å². The van der Waals surface area contributed by atoms with Crippen LogP contribution in [0.2, 0.25) is 0 Å². The molecule has 0 radical (unpaired) electrons. The largest absolute Gasteiger partial charge is 0.496 e. The summed E-state index contributed by atoms with van der Waals surface area (Å²) < 4.78 is 31.2. The summed E-state index contributed by atoms with van der Waals surface area (Å²) in [4.78, 5) is 12.4. The molecule has 6 heteroatoms. The number of sulfonamides is 1. The number of rotatable bonds is 5. The minimum atomic E-state index is -3.60. The van der Waals surface area contributed by atoms with E-state index < -0.39 is 26.6 Å². The van der Waals surface area contributed by atoms with Gasteiger partial charge in [-0.1, -0.05) is 12.1 Å². The Labute approximate surface area is 125 Å². The van der Waals surface area contributed by atoms with Crippen molar-refractivity contribution in [1.82, 2.24) is 4.72 Å². The van der Waals surface area contributed by atoms with Gasteiger partial charge in [-0.05, 0) is 50.8 Å². The zero-order chi connectivity index (χ0) is 15.8. The quantitative estimate of drug-likeness (QED) is 0.901. The third-order valence-electron chi connectivity index (χ3n) is 4.00. The van der Waals surface area contributed by atoms with E-state index >= 15 is 0 Å². The first kappa shape index (κ1) is 15.8. The van der Waals surface area contributed by atoms with Gasteiger partial charge in [-0.2, -0.15) is 0 Å². The molecule has 0 unspecified atom stereocenters. The van der Waals surface area contributed by atoms with E-state index in [1.54, 1.807) is 21.0 Å². The average Bonchev–Trinajstić information content (AvgIpc) is 3.20. The molecule has 21 heavy (non-hydrogen) atoms. The lowest BCUT2D eigenvalue weighted by Gasteiger charge is -2.18. The van der Waals surface area contributed by atoms with Crippen LogP contribution in [0, 0.1) is 6.92 Å². The van der Waals surface area contributed by atoms with Crippen LogP contribution in [0.3, 0.4) is 0 Å². The van der Waals surface area contributed by atoms with Crippen molar-refractivity contribution in [1.29, 1.82) is 0 Å². The number of benzene rings is 1. The molecule has 1 fully saturated rings. The SMILES string of the molecule is COc1cc(C2(C(=O)NS(=O)(=O)C(C)C)CC2)ccc1C. The number of aryl methyl sites for hydroxylation is 1. The molecule has 0 saturated heterocycles. The van der Waals surface area contributed by atoms with Gasteiger partial charge in [-0.3, -0.25) is 9.52 Å². The summed E-state index contributed by atoms with van der Waals surface area (Å²) in [5.41, 5.74) is 1.05. The number of carbonyl (C=O) groups excluding carboxylic acids is 1. The van der Waals surface area contributed by atoms with Gasteiger partial charge >= 0.3 is 0 Å². The zero-order valence-electron chi connectivity index (χ0n) is 12.8. The molecule has 1 aromatic carbocycles. The Morgan fingerprint density at radius 1 is 1.33 bits per heavy atom. The van der Waals surface area contributed by atoms with Crippen LogP contribution in [-0.2, 0) is 20.2 Å². The molecule has 0 atom stereocenters. The van der Waals surface area contributed by atoms with Crippen LogP contribution in [-0.4, -0.2) is 26.7 Å². The fourth-order valence-corrected chi connectivity index (χ4v) is 2.92. The van der Waals surface area contributed by atoms with Gasteiger partial charge in [0.25, 0.3) is 0 Å². The first-order valence-electron chi connectivity index (χ1n) is 6.94. The lowest BCUT2D eigenvalue weighted by atomic mass is 9.94. The third-order valence-corrected chi connectivity index (χ3v) is 5.71. The number of ether oxygens (including phenoxy) is 1. The van der Waals surface area contributed by atoms with E-state index in [-0.39, 0.29) is 0 Å².